The number of hydrogen-bond donors (Lipinski definition) is 1. The van der Waals surface area contributed by atoms with Gasteiger partial charge in [-0.3, -0.25) is 9.59 Å². The van der Waals surface area contributed by atoms with Crippen LogP contribution in [0.2, 0.25) is 5.02 Å². The summed E-state index contributed by atoms with van der Waals surface area (Å²) in [7, 11) is 0. The molecule has 1 heterocycles. The third kappa shape index (κ3) is 4.28. The SMILES string of the molecule is O=C(Nc1ccc(Cl)c(C(F)(F)F)c1)C1=NN(c2ccccc2)C(=O)CC1. The van der Waals surface area contributed by atoms with Gasteiger partial charge in [0, 0.05) is 18.5 Å². The molecule has 1 aliphatic heterocycles. The molecule has 2 aromatic rings. The van der Waals surface area contributed by atoms with Crippen LogP contribution in [0.1, 0.15) is 18.4 Å². The molecule has 0 saturated heterocycles. The highest BCUT2D eigenvalue weighted by molar-refractivity contribution is 6.44. The maximum absolute atomic E-state index is 12.9. The monoisotopic (exact) mass is 395 g/mol. The Balaban J connectivity index is 1.83. The van der Waals surface area contributed by atoms with E-state index in [0.29, 0.717) is 5.69 Å². The second-order valence-corrected chi connectivity index (χ2v) is 6.14. The second kappa shape index (κ2) is 7.40. The topological polar surface area (TPSA) is 61.8 Å². The van der Waals surface area contributed by atoms with Crippen molar-refractivity contribution in [3.63, 3.8) is 0 Å². The van der Waals surface area contributed by atoms with E-state index in [-0.39, 0.29) is 30.1 Å². The van der Waals surface area contributed by atoms with Crippen LogP contribution in [-0.4, -0.2) is 17.5 Å². The highest BCUT2D eigenvalue weighted by Crippen LogP contribution is 2.36. The van der Waals surface area contributed by atoms with Gasteiger partial charge in [-0.15, -0.1) is 0 Å². The highest BCUT2D eigenvalue weighted by atomic mass is 35.5. The van der Waals surface area contributed by atoms with Gasteiger partial charge in [0.25, 0.3) is 5.91 Å². The summed E-state index contributed by atoms with van der Waals surface area (Å²) in [6.07, 6.45) is -4.49. The lowest BCUT2D eigenvalue weighted by Gasteiger charge is -2.23. The van der Waals surface area contributed by atoms with Gasteiger partial charge in [0.2, 0.25) is 5.91 Å². The van der Waals surface area contributed by atoms with E-state index in [1.165, 1.54) is 6.07 Å². The van der Waals surface area contributed by atoms with E-state index in [1.54, 1.807) is 30.3 Å². The molecule has 2 amide bonds. The fourth-order valence-corrected chi connectivity index (χ4v) is 2.74. The van der Waals surface area contributed by atoms with Crippen molar-refractivity contribution in [2.45, 2.75) is 19.0 Å². The summed E-state index contributed by atoms with van der Waals surface area (Å²) in [6, 6.07) is 11.6. The van der Waals surface area contributed by atoms with Gasteiger partial charge in [-0.25, -0.2) is 5.01 Å². The van der Waals surface area contributed by atoms with Crippen molar-refractivity contribution in [1.82, 2.24) is 0 Å². The molecule has 5 nitrogen and oxygen atoms in total. The van der Waals surface area contributed by atoms with Crippen molar-refractivity contribution in [1.29, 1.82) is 0 Å². The van der Waals surface area contributed by atoms with Crippen LogP contribution >= 0.6 is 11.6 Å². The van der Waals surface area contributed by atoms with Crippen LogP contribution in [0.15, 0.2) is 53.6 Å². The van der Waals surface area contributed by atoms with Crippen LogP contribution < -0.4 is 10.3 Å². The number of carbonyl (C=O) groups is 2. The van der Waals surface area contributed by atoms with Gasteiger partial charge in [0.15, 0.2) is 0 Å². The number of carbonyl (C=O) groups excluding carboxylic acids is 2. The first kappa shape index (κ1) is 18.9. The first-order chi connectivity index (χ1) is 12.8. The number of nitrogens with zero attached hydrogens (tertiary/aromatic N) is 2. The number of amides is 2. The summed E-state index contributed by atoms with van der Waals surface area (Å²) in [5.41, 5.74) is -0.573. The predicted molar refractivity (Wildman–Crippen MR) is 95.7 cm³/mol. The molecule has 0 aromatic heterocycles. The Labute approximate surface area is 157 Å². The third-order valence-corrected chi connectivity index (χ3v) is 4.15. The number of anilines is 2. The van der Waals surface area contributed by atoms with Crippen LogP contribution in [0.5, 0.6) is 0 Å². The molecule has 0 unspecified atom stereocenters. The molecule has 0 radical (unpaired) electrons. The summed E-state index contributed by atoms with van der Waals surface area (Å²) in [5.74, 6) is -0.956. The minimum absolute atomic E-state index is 0.0435. The van der Waals surface area contributed by atoms with Crippen LogP contribution in [0.4, 0.5) is 24.5 Å². The zero-order valence-electron chi connectivity index (χ0n) is 13.8. The fraction of sp³-hybridized carbons (Fsp3) is 0.167. The standard InChI is InChI=1S/C18H13ClF3N3O2/c19-14-7-6-11(10-13(14)18(20,21)22)23-17(27)15-8-9-16(26)25(24-15)12-4-2-1-3-5-12/h1-7,10H,8-9H2,(H,23,27). The summed E-state index contributed by atoms with van der Waals surface area (Å²) >= 11 is 5.57. The van der Waals surface area contributed by atoms with Crippen molar-refractivity contribution in [3.05, 3.63) is 59.1 Å². The Morgan fingerprint density at radius 1 is 1.11 bits per heavy atom. The third-order valence-electron chi connectivity index (χ3n) is 3.83. The zero-order chi connectivity index (χ0) is 19.6. The van der Waals surface area contributed by atoms with E-state index in [9.17, 15) is 22.8 Å². The second-order valence-electron chi connectivity index (χ2n) is 5.73. The zero-order valence-corrected chi connectivity index (χ0v) is 14.5. The van der Waals surface area contributed by atoms with Gasteiger partial charge in [0.05, 0.1) is 16.3 Å². The van der Waals surface area contributed by atoms with Gasteiger partial charge in [-0.2, -0.15) is 18.3 Å². The number of halogens is 4. The van der Waals surface area contributed by atoms with Crippen molar-refractivity contribution in [2.75, 3.05) is 10.3 Å². The van der Waals surface area contributed by atoms with Crippen LogP contribution in [0.3, 0.4) is 0 Å². The molecule has 140 valence electrons. The summed E-state index contributed by atoms with van der Waals surface area (Å²) in [4.78, 5) is 24.5. The molecule has 0 fully saturated rings. The number of alkyl halides is 3. The molecule has 27 heavy (non-hydrogen) atoms. The molecule has 0 aliphatic carbocycles. The first-order valence-corrected chi connectivity index (χ1v) is 8.27. The largest absolute Gasteiger partial charge is 0.417 e. The van der Waals surface area contributed by atoms with E-state index in [4.69, 9.17) is 11.6 Å². The first-order valence-electron chi connectivity index (χ1n) is 7.89. The average Bonchev–Trinajstić information content (AvgIpc) is 2.63. The number of nitrogens with one attached hydrogen (secondary N) is 1. The van der Waals surface area contributed by atoms with Crippen molar-refractivity contribution < 1.29 is 22.8 Å². The Bertz CT molecular complexity index is 914. The molecule has 0 atom stereocenters. The lowest BCUT2D eigenvalue weighted by atomic mass is 10.1. The lowest BCUT2D eigenvalue weighted by molar-refractivity contribution is -0.137. The molecule has 0 spiro atoms. The Kier molecular flexibility index (Phi) is 5.18. The maximum Gasteiger partial charge on any atom is 0.417 e. The highest BCUT2D eigenvalue weighted by Gasteiger charge is 2.33. The number of hydrogen-bond acceptors (Lipinski definition) is 3. The normalized spacial score (nSPS) is 14.7. The average molecular weight is 396 g/mol. The Morgan fingerprint density at radius 2 is 1.81 bits per heavy atom. The molecular formula is C18H13ClF3N3O2. The van der Waals surface area contributed by atoms with Gasteiger partial charge >= 0.3 is 6.18 Å². The number of rotatable bonds is 3. The van der Waals surface area contributed by atoms with E-state index >= 15 is 0 Å². The van der Waals surface area contributed by atoms with Crippen LogP contribution in [0.25, 0.3) is 0 Å². The van der Waals surface area contributed by atoms with Crippen molar-refractivity contribution >= 4 is 40.5 Å². The van der Waals surface area contributed by atoms with Gasteiger partial charge < -0.3 is 5.32 Å². The van der Waals surface area contributed by atoms with Crippen LogP contribution in [0, 0.1) is 0 Å². The van der Waals surface area contributed by atoms with E-state index in [0.717, 1.165) is 17.1 Å². The van der Waals surface area contributed by atoms with E-state index in [1.807, 2.05) is 0 Å². The van der Waals surface area contributed by atoms with Crippen molar-refractivity contribution in [3.8, 4) is 0 Å². The molecule has 3 rings (SSSR count). The predicted octanol–water partition coefficient (Wildman–Crippen LogP) is 4.48. The van der Waals surface area contributed by atoms with Crippen LogP contribution in [-0.2, 0) is 15.8 Å². The molecule has 1 N–H and O–H groups in total. The molecule has 0 saturated carbocycles. The number of benzene rings is 2. The molecule has 1 aliphatic rings. The Hall–Kier alpha value is -2.87. The molecular weight excluding hydrogens is 383 g/mol. The quantitative estimate of drug-likeness (QED) is 0.832. The Morgan fingerprint density at radius 3 is 2.48 bits per heavy atom. The van der Waals surface area contributed by atoms with E-state index in [2.05, 4.69) is 10.4 Å². The summed E-state index contributed by atoms with van der Waals surface area (Å²) in [5, 5.41) is 7.08. The summed E-state index contributed by atoms with van der Waals surface area (Å²) < 4.78 is 38.8. The molecule has 0 bridgehead atoms. The fourth-order valence-electron chi connectivity index (χ4n) is 2.51. The smallest absolute Gasteiger partial charge is 0.321 e. The minimum Gasteiger partial charge on any atom is -0.321 e. The van der Waals surface area contributed by atoms with Gasteiger partial charge in [-0.1, -0.05) is 29.8 Å². The maximum atomic E-state index is 12.9. The number of hydrazone groups is 1. The van der Waals surface area contributed by atoms with Gasteiger partial charge in [0.1, 0.15) is 5.71 Å². The molecule has 9 heteroatoms. The number of para-hydroxylation sites is 1. The molecule has 2 aromatic carbocycles. The lowest BCUT2D eigenvalue weighted by Crippen LogP contribution is -2.36. The van der Waals surface area contributed by atoms with Crippen molar-refractivity contribution in [2.24, 2.45) is 5.10 Å². The van der Waals surface area contributed by atoms with E-state index < -0.39 is 22.7 Å². The summed E-state index contributed by atoms with van der Waals surface area (Å²) in [6.45, 7) is 0. The van der Waals surface area contributed by atoms with Gasteiger partial charge in [-0.05, 0) is 30.3 Å². The minimum atomic E-state index is -4.64.